The van der Waals surface area contributed by atoms with Crippen LogP contribution in [0.4, 0.5) is 4.39 Å². The number of nitrogens with one attached hydrogen (secondary N) is 1. The average molecular weight is 398 g/mol. The third-order valence-corrected chi connectivity index (χ3v) is 6.71. The number of carbonyl (C=O) groups is 1. The van der Waals surface area contributed by atoms with Crippen LogP contribution in [0.1, 0.15) is 28.2 Å². The number of aromatic nitrogens is 2. The number of likely N-dealkylation sites (tertiary alicyclic amines) is 1. The summed E-state index contributed by atoms with van der Waals surface area (Å²) in [4.78, 5) is 14.4. The number of piperidine rings is 1. The summed E-state index contributed by atoms with van der Waals surface area (Å²) >= 11 is 1.09. The van der Waals surface area contributed by atoms with E-state index in [0.29, 0.717) is 36.5 Å². The molecule has 2 heterocycles. The van der Waals surface area contributed by atoms with E-state index in [1.807, 2.05) is 0 Å². The molecule has 1 fully saturated rings. The molecular formula is C16H19FN4O3S2. The van der Waals surface area contributed by atoms with Gasteiger partial charge in [0.1, 0.15) is 15.6 Å². The molecule has 10 heteroatoms. The minimum Gasteiger partial charge on any atom is -0.338 e. The predicted octanol–water partition coefficient (Wildman–Crippen LogP) is 1.82. The highest BCUT2D eigenvalue weighted by Crippen LogP contribution is 2.21. The van der Waals surface area contributed by atoms with Crippen LogP contribution in [0, 0.1) is 18.7 Å². The summed E-state index contributed by atoms with van der Waals surface area (Å²) < 4.78 is 44.4. The molecule has 2 aromatic rings. The molecule has 0 radical (unpaired) electrons. The Morgan fingerprint density at radius 2 is 2.04 bits per heavy atom. The van der Waals surface area contributed by atoms with Crippen molar-refractivity contribution in [1.82, 2.24) is 19.2 Å². The van der Waals surface area contributed by atoms with E-state index in [-0.39, 0.29) is 23.3 Å². The van der Waals surface area contributed by atoms with Crippen molar-refractivity contribution >= 4 is 27.5 Å². The summed E-state index contributed by atoms with van der Waals surface area (Å²) in [6.45, 7) is 3.06. The Balaban J connectivity index is 1.54. The number of benzene rings is 1. The number of sulfonamides is 1. The fourth-order valence-corrected chi connectivity index (χ4v) is 4.70. The molecule has 140 valence electrons. The zero-order valence-corrected chi connectivity index (χ0v) is 15.8. The van der Waals surface area contributed by atoms with Crippen LogP contribution >= 0.6 is 11.5 Å². The molecule has 0 bridgehead atoms. The molecule has 26 heavy (non-hydrogen) atoms. The van der Waals surface area contributed by atoms with Crippen molar-refractivity contribution in [2.45, 2.75) is 24.7 Å². The Morgan fingerprint density at radius 1 is 1.35 bits per heavy atom. The third-order valence-electron chi connectivity index (χ3n) is 4.44. The average Bonchev–Trinajstić information content (AvgIpc) is 3.06. The monoisotopic (exact) mass is 398 g/mol. The van der Waals surface area contributed by atoms with Crippen LogP contribution in [0.25, 0.3) is 0 Å². The van der Waals surface area contributed by atoms with E-state index >= 15 is 0 Å². The van der Waals surface area contributed by atoms with E-state index in [9.17, 15) is 17.6 Å². The van der Waals surface area contributed by atoms with Crippen LogP contribution in [0.3, 0.4) is 0 Å². The maximum atomic E-state index is 13.7. The second-order valence-electron chi connectivity index (χ2n) is 6.21. The highest BCUT2D eigenvalue weighted by atomic mass is 32.2. The SMILES string of the molecule is Cc1nnsc1C(=O)N1CCC(CNS(=O)(=O)c2ccccc2F)CC1. The molecule has 1 aromatic carbocycles. The van der Waals surface area contributed by atoms with E-state index < -0.39 is 15.8 Å². The molecule has 0 unspecified atom stereocenters. The minimum atomic E-state index is -3.88. The van der Waals surface area contributed by atoms with Crippen molar-refractivity contribution in [1.29, 1.82) is 0 Å². The van der Waals surface area contributed by atoms with Crippen LogP contribution in [-0.2, 0) is 10.0 Å². The van der Waals surface area contributed by atoms with E-state index in [0.717, 1.165) is 17.6 Å². The number of rotatable bonds is 5. The van der Waals surface area contributed by atoms with E-state index in [4.69, 9.17) is 0 Å². The maximum Gasteiger partial charge on any atom is 0.267 e. The Morgan fingerprint density at radius 3 is 2.65 bits per heavy atom. The fourth-order valence-electron chi connectivity index (χ4n) is 2.88. The highest BCUT2D eigenvalue weighted by Gasteiger charge is 2.27. The molecule has 1 amide bonds. The first-order valence-electron chi connectivity index (χ1n) is 8.21. The topological polar surface area (TPSA) is 92.3 Å². The lowest BCUT2D eigenvalue weighted by Gasteiger charge is -2.31. The molecule has 1 aliphatic heterocycles. The van der Waals surface area contributed by atoms with Crippen LogP contribution in [-0.4, -0.2) is 48.4 Å². The summed E-state index contributed by atoms with van der Waals surface area (Å²) in [6.07, 6.45) is 1.35. The van der Waals surface area contributed by atoms with Gasteiger partial charge in [0.2, 0.25) is 10.0 Å². The Labute approximate surface area is 155 Å². The summed E-state index contributed by atoms with van der Waals surface area (Å²) in [5, 5.41) is 3.85. The van der Waals surface area contributed by atoms with E-state index in [1.165, 1.54) is 18.2 Å². The lowest BCUT2D eigenvalue weighted by atomic mass is 9.97. The van der Waals surface area contributed by atoms with Gasteiger partial charge < -0.3 is 4.90 Å². The number of hydrogen-bond acceptors (Lipinski definition) is 6. The van der Waals surface area contributed by atoms with Crippen LogP contribution in [0.15, 0.2) is 29.2 Å². The molecule has 0 saturated carbocycles. The number of carbonyl (C=O) groups excluding carboxylic acids is 1. The second kappa shape index (κ2) is 7.77. The Kier molecular flexibility index (Phi) is 5.64. The second-order valence-corrected chi connectivity index (χ2v) is 8.69. The summed E-state index contributed by atoms with van der Waals surface area (Å²) in [5.41, 5.74) is 0.625. The lowest BCUT2D eigenvalue weighted by Crippen LogP contribution is -2.41. The number of amides is 1. The number of halogens is 1. The van der Waals surface area contributed by atoms with Crippen LogP contribution in [0.5, 0.6) is 0 Å². The predicted molar refractivity (Wildman–Crippen MR) is 94.9 cm³/mol. The first-order valence-corrected chi connectivity index (χ1v) is 10.5. The Hall–Kier alpha value is -1.91. The van der Waals surface area contributed by atoms with Crippen LogP contribution in [0.2, 0.25) is 0 Å². The minimum absolute atomic E-state index is 0.0807. The number of hydrogen-bond donors (Lipinski definition) is 1. The quantitative estimate of drug-likeness (QED) is 0.829. The van der Waals surface area contributed by atoms with E-state index in [2.05, 4.69) is 14.3 Å². The molecule has 0 aliphatic carbocycles. The lowest BCUT2D eigenvalue weighted by molar-refractivity contribution is 0.0696. The van der Waals surface area contributed by atoms with Crippen molar-refractivity contribution in [3.05, 3.63) is 40.7 Å². The molecule has 1 aliphatic rings. The number of nitrogens with zero attached hydrogens (tertiary/aromatic N) is 3. The highest BCUT2D eigenvalue weighted by molar-refractivity contribution is 7.89. The van der Waals surface area contributed by atoms with Gasteiger partial charge in [0.05, 0.1) is 5.69 Å². The van der Waals surface area contributed by atoms with Gasteiger partial charge >= 0.3 is 0 Å². The van der Waals surface area contributed by atoms with Gasteiger partial charge in [-0.05, 0) is 49.3 Å². The van der Waals surface area contributed by atoms with Crippen molar-refractivity contribution < 1.29 is 17.6 Å². The smallest absolute Gasteiger partial charge is 0.267 e. The molecule has 7 nitrogen and oxygen atoms in total. The van der Waals surface area contributed by atoms with Crippen molar-refractivity contribution in [2.75, 3.05) is 19.6 Å². The van der Waals surface area contributed by atoms with Gasteiger partial charge in [0, 0.05) is 19.6 Å². The van der Waals surface area contributed by atoms with Gasteiger partial charge in [-0.3, -0.25) is 4.79 Å². The van der Waals surface area contributed by atoms with Gasteiger partial charge in [-0.15, -0.1) is 5.10 Å². The summed E-state index contributed by atoms with van der Waals surface area (Å²) in [7, 11) is -3.88. The largest absolute Gasteiger partial charge is 0.338 e. The molecule has 1 N–H and O–H groups in total. The van der Waals surface area contributed by atoms with Crippen LogP contribution < -0.4 is 4.72 Å². The third kappa shape index (κ3) is 4.08. The van der Waals surface area contributed by atoms with Gasteiger partial charge in [-0.2, -0.15) is 0 Å². The van der Waals surface area contributed by atoms with Gasteiger partial charge in [0.25, 0.3) is 5.91 Å². The molecular weight excluding hydrogens is 379 g/mol. The Bertz CT molecular complexity index is 892. The van der Waals surface area contributed by atoms with Crippen molar-refractivity contribution in [2.24, 2.45) is 5.92 Å². The number of aryl methyl sites for hydroxylation is 1. The normalized spacial score (nSPS) is 16.0. The van der Waals surface area contributed by atoms with Gasteiger partial charge in [0.15, 0.2) is 0 Å². The molecule has 1 saturated heterocycles. The molecule has 0 spiro atoms. The molecule has 3 rings (SSSR count). The summed E-state index contributed by atoms with van der Waals surface area (Å²) in [6, 6.07) is 5.29. The van der Waals surface area contributed by atoms with Gasteiger partial charge in [-0.1, -0.05) is 16.6 Å². The standard InChI is InChI=1S/C16H19FN4O3S2/c1-11-15(25-20-19-11)16(22)21-8-6-12(7-9-21)10-18-26(23,24)14-5-3-2-4-13(14)17/h2-5,12,18H,6-10H2,1H3. The van der Waals surface area contributed by atoms with E-state index in [1.54, 1.807) is 11.8 Å². The fraction of sp³-hybridized carbons (Fsp3) is 0.438. The first kappa shape index (κ1) is 18.9. The summed E-state index contributed by atoms with van der Waals surface area (Å²) in [5.74, 6) is -0.752. The molecule has 0 atom stereocenters. The first-order chi connectivity index (χ1) is 12.4. The maximum absolute atomic E-state index is 13.7. The zero-order valence-electron chi connectivity index (χ0n) is 14.2. The molecule has 1 aromatic heterocycles. The van der Waals surface area contributed by atoms with Crippen molar-refractivity contribution in [3.8, 4) is 0 Å². The van der Waals surface area contributed by atoms with Gasteiger partial charge in [-0.25, -0.2) is 17.5 Å². The van der Waals surface area contributed by atoms with Crippen molar-refractivity contribution in [3.63, 3.8) is 0 Å². The zero-order chi connectivity index (χ0) is 18.7.